The van der Waals surface area contributed by atoms with E-state index in [1.165, 1.54) is 19.6 Å². The highest BCUT2D eigenvalue weighted by Crippen LogP contribution is 2.22. The summed E-state index contributed by atoms with van der Waals surface area (Å²) in [5, 5.41) is 6.38. The van der Waals surface area contributed by atoms with E-state index in [4.69, 9.17) is 9.47 Å². The second-order valence-electron chi connectivity index (χ2n) is 5.64. The molecule has 4 aromatic rings. The lowest BCUT2D eigenvalue weighted by molar-refractivity contribution is 0.397. The molecule has 2 N–H and O–H groups in total. The average molecular weight is 364 g/mol. The Labute approximate surface area is 153 Å². The molecule has 0 amide bonds. The Kier molecular flexibility index (Phi) is 4.17. The van der Waals surface area contributed by atoms with Crippen molar-refractivity contribution in [2.75, 3.05) is 19.5 Å². The van der Waals surface area contributed by atoms with Gasteiger partial charge in [0.25, 0.3) is 5.56 Å². The second-order valence-corrected chi connectivity index (χ2v) is 5.64. The predicted molar refractivity (Wildman–Crippen MR) is 100 cm³/mol. The van der Waals surface area contributed by atoms with Crippen LogP contribution < -0.4 is 20.3 Å². The molecule has 0 unspecified atom stereocenters. The summed E-state index contributed by atoms with van der Waals surface area (Å²) in [5.41, 5.74) is 1.21. The molecule has 0 fully saturated rings. The second kappa shape index (κ2) is 6.79. The first-order valence-electron chi connectivity index (χ1n) is 8.06. The highest BCUT2D eigenvalue weighted by Gasteiger charge is 2.11. The first-order chi connectivity index (χ1) is 13.2. The van der Waals surface area contributed by atoms with Crippen LogP contribution >= 0.6 is 0 Å². The quantitative estimate of drug-likeness (QED) is 0.559. The lowest BCUT2D eigenvalue weighted by atomic mass is 10.2. The number of benzene rings is 1. The number of pyridine rings is 1. The van der Waals surface area contributed by atoms with Crippen LogP contribution in [0.2, 0.25) is 0 Å². The highest BCUT2D eigenvalue weighted by molar-refractivity contribution is 5.82. The zero-order valence-corrected chi connectivity index (χ0v) is 14.6. The van der Waals surface area contributed by atoms with Crippen molar-refractivity contribution in [1.82, 2.24) is 24.7 Å². The van der Waals surface area contributed by atoms with Crippen LogP contribution in [0.5, 0.6) is 11.6 Å². The molecule has 9 heteroatoms. The number of H-pyrrole nitrogens is 1. The third-order valence-corrected chi connectivity index (χ3v) is 4.00. The molecule has 0 bridgehead atoms. The maximum atomic E-state index is 12.3. The van der Waals surface area contributed by atoms with Crippen molar-refractivity contribution in [3.05, 3.63) is 59.3 Å². The third-order valence-electron chi connectivity index (χ3n) is 4.00. The molecule has 1 aromatic carbocycles. The van der Waals surface area contributed by atoms with Crippen molar-refractivity contribution < 1.29 is 9.47 Å². The van der Waals surface area contributed by atoms with Gasteiger partial charge in [0.15, 0.2) is 0 Å². The standard InChI is InChI=1S/C18H16N6O3/c1-26-12-5-3-4-11(6-12)24-14-7-15(19-9-13(14)18(25)23-24)22-16-8-17(27-2)21-10-20-16/h3-10H,1-2H3,(H,23,25)(H,19,20,21,22). The summed E-state index contributed by atoms with van der Waals surface area (Å²) >= 11 is 0. The van der Waals surface area contributed by atoms with Gasteiger partial charge in [0.1, 0.15) is 23.7 Å². The van der Waals surface area contributed by atoms with Gasteiger partial charge in [0, 0.05) is 24.4 Å². The molecule has 136 valence electrons. The van der Waals surface area contributed by atoms with E-state index in [2.05, 4.69) is 25.4 Å². The summed E-state index contributed by atoms with van der Waals surface area (Å²) < 4.78 is 12.0. The number of methoxy groups -OCH3 is 2. The molecule has 9 nitrogen and oxygen atoms in total. The monoisotopic (exact) mass is 364 g/mol. The van der Waals surface area contributed by atoms with Gasteiger partial charge in [-0.25, -0.2) is 15.0 Å². The molecule has 3 aromatic heterocycles. The lowest BCUT2D eigenvalue weighted by Gasteiger charge is -2.08. The number of aromatic amines is 1. The molecule has 4 rings (SSSR count). The van der Waals surface area contributed by atoms with Gasteiger partial charge in [-0.05, 0) is 12.1 Å². The van der Waals surface area contributed by atoms with Crippen LogP contribution in [0.1, 0.15) is 0 Å². The molecule has 0 aliphatic rings. The van der Waals surface area contributed by atoms with Crippen LogP contribution in [0.3, 0.4) is 0 Å². The lowest BCUT2D eigenvalue weighted by Crippen LogP contribution is -2.03. The molecule has 0 radical (unpaired) electrons. The van der Waals surface area contributed by atoms with Crippen LogP contribution in [-0.2, 0) is 0 Å². The van der Waals surface area contributed by atoms with E-state index in [1.807, 2.05) is 24.3 Å². The average Bonchev–Trinajstić information content (AvgIpc) is 3.04. The molecular formula is C18H16N6O3. The minimum Gasteiger partial charge on any atom is -0.497 e. The van der Waals surface area contributed by atoms with E-state index in [0.29, 0.717) is 34.2 Å². The Morgan fingerprint density at radius 2 is 1.89 bits per heavy atom. The molecule has 0 aliphatic carbocycles. The summed E-state index contributed by atoms with van der Waals surface area (Å²) in [6.07, 6.45) is 2.91. The minimum atomic E-state index is -0.226. The van der Waals surface area contributed by atoms with Crippen molar-refractivity contribution in [2.45, 2.75) is 0 Å². The molecule has 0 aliphatic heterocycles. The van der Waals surface area contributed by atoms with Crippen molar-refractivity contribution in [1.29, 1.82) is 0 Å². The first kappa shape index (κ1) is 16.6. The summed E-state index contributed by atoms with van der Waals surface area (Å²) in [4.78, 5) is 24.7. The maximum Gasteiger partial charge on any atom is 0.273 e. The minimum absolute atomic E-state index is 0.226. The smallest absolute Gasteiger partial charge is 0.273 e. The molecule has 0 saturated carbocycles. The Hall–Kier alpha value is -3.88. The molecule has 0 spiro atoms. The van der Waals surface area contributed by atoms with E-state index in [-0.39, 0.29) is 5.56 Å². The summed E-state index contributed by atoms with van der Waals surface area (Å²) in [5.74, 6) is 2.18. The van der Waals surface area contributed by atoms with Gasteiger partial charge in [0.05, 0.1) is 30.8 Å². The van der Waals surface area contributed by atoms with Crippen LogP contribution in [0.15, 0.2) is 53.7 Å². The SMILES string of the molecule is COc1cccc(-n2[nH]c(=O)c3cnc(Nc4cc(OC)ncn4)cc32)c1. The number of nitrogens with zero attached hydrogens (tertiary/aromatic N) is 4. The maximum absolute atomic E-state index is 12.3. The normalized spacial score (nSPS) is 10.7. The van der Waals surface area contributed by atoms with E-state index >= 15 is 0 Å². The Bertz CT molecular complexity index is 1170. The van der Waals surface area contributed by atoms with Crippen LogP contribution in [-0.4, -0.2) is 39.0 Å². The van der Waals surface area contributed by atoms with Crippen molar-refractivity contribution in [3.8, 4) is 17.3 Å². The third kappa shape index (κ3) is 3.17. The van der Waals surface area contributed by atoms with Gasteiger partial charge in [-0.3, -0.25) is 14.6 Å². The van der Waals surface area contributed by atoms with Gasteiger partial charge in [0.2, 0.25) is 5.88 Å². The zero-order chi connectivity index (χ0) is 18.8. The van der Waals surface area contributed by atoms with Crippen molar-refractivity contribution in [2.24, 2.45) is 0 Å². The number of hydrogen-bond donors (Lipinski definition) is 2. The Morgan fingerprint density at radius 3 is 2.70 bits per heavy atom. The fourth-order valence-corrected chi connectivity index (χ4v) is 2.70. The predicted octanol–water partition coefficient (Wildman–Crippen LogP) is 2.26. The summed E-state index contributed by atoms with van der Waals surface area (Å²) in [6, 6.07) is 10.8. The number of hydrogen-bond acceptors (Lipinski definition) is 7. The largest absolute Gasteiger partial charge is 0.497 e. The fourth-order valence-electron chi connectivity index (χ4n) is 2.70. The van der Waals surface area contributed by atoms with E-state index in [1.54, 1.807) is 23.9 Å². The highest BCUT2D eigenvalue weighted by atomic mass is 16.5. The van der Waals surface area contributed by atoms with E-state index in [0.717, 1.165) is 5.69 Å². The molecule has 27 heavy (non-hydrogen) atoms. The van der Waals surface area contributed by atoms with Crippen LogP contribution in [0, 0.1) is 0 Å². The molecule has 0 saturated heterocycles. The van der Waals surface area contributed by atoms with Crippen LogP contribution in [0.4, 0.5) is 11.6 Å². The van der Waals surface area contributed by atoms with Crippen LogP contribution in [0.25, 0.3) is 16.6 Å². The van der Waals surface area contributed by atoms with Crippen molar-refractivity contribution in [3.63, 3.8) is 0 Å². The van der Waals surface area contributed by atoms with E-state index < -0.39 is 0 Å². The number of rotatable bonds is 5. The summed E-state index contributed by atoms with van der Waals surface area (Å²) in [6.45, 7) is 0. The molecule has 0 atom stereocenters. The Morgan fingerprint density at radius 1 is 1.04 bits per heavy atom. The fraction of sp³-hybridized carbons (Fsp3) is 0.111. The number of ether oxygens (including phenoxy) is 2. The van der Waals surface area contributed by atoms with E-state index in [9.17, 15) is 4.79 Å². The van der Waals surface area contributed by atoms with Gasteiger partial charge >= 0.3 is 0 Å². The molecular weight excluding hydrogens is 348 g/mol. The molecule has 3 heterocycles. The topological polar surface area (TPSA) is 107 Å². The Balaban J connectivity index is 1.78. The van der Waals surface area contributed by atoms with Gasteiger partial charge in [-0.1, -0.05) is 6.07 Å². The van der Waals surface area contributed by atoms with Crippen molar-refractivity contribution >= 4 is 22.5 Å². The summed E-state index contributed by atoms with van der Waals surface area (Å²) in [7, 11) is 3.13. The number of nitrogens with one attached hydrogen (secondary N) is 2. The first-order valence-corrected chi connectivity index (χ1v) is 8.06. The van der Waals surface area contributed by atoms with Gasteiger partial charge in [-0.15, -0.1) is 0 Å². The number of aromatic nitrogens is 5. The number of anilines is 2. The van der Waals surface area contributed by atoms with Gasteiger partial charge in [-0.2, -0.15) is 0 Å². The number of fused-ring (bicyclic) bond motifs is 1. The zero-order valence-electron chi connectivity index (χ0n) is 14.6. The van der Waals surface area contributed by atoms with Gasteiger partial charge < -0.3 is 14.8 Å².